The van der Waals surface area contributed by atoms with E-state index in [1.165, 1.54) is 0 Å². The average molecular weight is 317 g/mol. The lowest BCUT2D eigenvalue weighted by atomic mass is 10.1. The van der Waals surface area contributed by atoms with E-state index in [-0.39, 0.29) is 5.91 Å². The van der Waals surface area contributed by atoms with Crippen molar-refractivity contribution in [3.63, 3.8) is 0 Å². The molecule has 0 saturated carbocycles. The highest BCUT2D eigenvalue weighted by molar-refractivity contribution is 7.14. The number of thiazole rings is 1. The van der Waals surface area contributed by atoms with Gasteiger partial charge in [0.15, 0.2) is 5.13 Å². The van der Waals surface area contributed by atoms with Crippen LogP contribution >= 0.6 is 11.3 Å². The molecule has 118 valence electrons. The molecule has 0 saturated heterocycles. The van der Waals surface area contributed by atoms with Crippen molar-refractivity contribution in [3.05, 3.63) is 29.6 Å². The Morgan fingerprint density at radius 3 is 2.45 bits per heavy atom. The van der Waals surface area contributed by atoms with Gasteiger partial charge in [0.25, 0.3) is 0 Å². The molecule has 4 nitrogen and oxygen atoms in total. The predicted molar refractivity (Wildman–Crippen MR) is 94.6 cm³/mol. The smallest absolute Gasteiger partial charge is 0.224 e. The van der Waals surface area contributed by atoms with Crippen molar-refractivity contribution < 1.29 is 4.79 Å². The number of anilines is 2. The fourth-order valence-corrected chi connectivity index (χ4v) is 3.18. The summed E-state index contributed by atoms with van der Waals surface area (Å²) in [5.41, 5.74) is 2.89. The molecule has 0 bridgehead atoms. The maximum absolute atomic E-state index is 11.6. The highest BCUT2D eigenvalue weighted by atomic mass is 32.1. The van der Waals surface area contributed by atoms with Gasteiger partial charge in [0.05, 0.1) is 5.69 Å². The van der Waals surface area contributed by atoms with E-state index in [1.807, 2.05) is 31.2 Å². The second kappa shape index (κ2) is 7.94. The minimum atomic E-state index is 0.0627. The van der Waals surface area contributed by atoms with Gasteiger partial charge in [-0.1, -0.05) is 19.1 Å². The molecular weight excluding hydrogens is 294 g/mol. The highest BCUT2D eigenvalue weighted by Crippen LogP contribution is 2.28. The number of nitrogens with zero attached hydrogens (tertiary/aromatic N) is 2. The van der Waals surface area contributed by atoms with Crippen molar-refractivity contribution in [2.24, 2.45) is 0 Å². The lowest BCUT2D eigenvalue weighted by Crippen LogP contribution is -2.21. The van der Waals surface area contributed by atoms with Gasteiger partial charge in [0.1, 0.15) is 0 Å². The van der Waals surface area contributed by atoms with Crippen molar-refractivity contribution in [1.82, 2.24) is 4.98 Å². The third-order valence-electron chi connectivity index (χ3n) is 3.47. The van der Waals surface area contributed by atoms with E-state index in [1.54, 1.807) is 11.3 Å². The van der Waals surface area contributed by atoms with Gasteiger partial charge < -0.3 is 10.2 Å². The van der Waals surface area contributed by atoms with Gasteiger partial charge in [-0.2, -0.15) is 0 Å². The molecule has 0 aliphatic heterocycles. The normalized spacial score (nSPS) is 10.5. The number of carbonyl (C=O) groups excluding carboxylic acids is 1. The molecule has 1 heterocycles. The molecule has 1 N–H and O–H groups in total. The number of benzene rings is 1. The van der Waals surface area contributed by atoms with Crippen LogP contribution in [0.5, 0.6) is 0 Å². The van der Waals surface area contributed by atoms with Gasteiger partial charge in [-0.25, -0.2) is 4.98 Å². The zero-order chi connectivity index (χ0) is 15.9. The van der Waals surface area contributed by atoms with Gasteiger partial charge in [-0.15, -0.1) is 11.3 Å². The Balaban J connectivity index is 2.09. The standard InChI is InChI=1S/C17H23N3OS/c1-4-7-16(21)18-14-10-8-13(9-11-14)15-12-22-17(19-15)20(5-2)6-3/h8-12H,4-7H2,1-3H3,(H,18,21). The van der Waals surface area contributed by atoms with E-state index < -0.39 is 0 Å². The van der Waals surface area contributed by atoms with Gasteiger partial charge in [0.2, 0.25) is 5.91 Å². The maximum atomic E-state index is 11.6. The van der Waals surface area contributed by atoms with Crippen LogP contribution < -0.4 is 10.2 Å². The molecule has 0 radical (unpaired) electrons. The molecule has 0 fully saturated rings. The van der Waals surface area contributed by atoms with Crippen molar-refractivity contribution in [2.45, 2.75) is 33.6 Å². The predicted octanol–water partition coefficient (Wildman–Crippen LogP) is 4.39. The molecule has 5 heteroatoms. The van der Waals surface area contributed by atoms with E-state index in [0.717, 1.165) is 41.6 Å². The number of hydrogen-bond acceptors (Lipinski definition) is 4. The van der Waals surface area contributed by atoms with Gasteiger partial charge in [-0.3, -0.25) is 4.79 Å². The molecule has 0 atom stereocenters. The number of rotatable bonds is 7. The summed E-state index contributed by atoms with van der Waals surface area (Å²) >= 11 is 1.67. The topological polar surface area (TPSA) is 45.2 Å². The zero-order valence-corrected chi connectivity index (χ0v) is 14.2. The number of aromatic nitrogens is 1. The summed E-state index contributed by atoms with van der Waals surface area (Å²) in [6.07, 6.45) is 1.41. The number of carbonyl (C=O) groups is 1. The molecule has 0 aliphatic rings. The van der Waals surface area contributed by atoms with Gasteiger partial charge in [-0.05, 0) is 32.4 Å². The minimum Gasteiger partial charge on any atom is -0.349 e. The monoisotopic (exact) mass is 317 g/mol. The largest absolute Gasteiger partial charge is 0.349 e. The number of hydrogen-bond donors (Lipinski definition) is 1. The summed E-state index contributed by atoms with van der Waals surface area (Å²) in [5.74, 6) is 0.0627. The van der Waals surface area contributed by atoms with Crippen molar-refractivity contribution in [2.75, 3.05) is 23.3 Å². The molecular formula is C17H23N3OS. The minimum absolute atomic E-state index is 0.0627. The molecule has 22 heavy (non-hydrogen) atoms. The first-order valence-corrected chi connectivity index (χ1v) is 8.66. The van der Waals surface area contributed by atoms with E-state index in [0.29, 0.717) is 6.42 Å². The van der Waals surface area contributed by atoms with Gasteiger partial charge in [0, 0.05) is 36.1 Å². The molecule has 1 amide bonds. The SMILES string of the molecule is CCCC(=O)Nc1ccc(-c2csc(N(CC)CC)n2)cc1. The zero-order valence-electron chi connectivity index (χ0n) is 13.4. The maximum Gasteiger partial charge on any atom is 0.224 e. The van der Waals surface area contributed by atoms with Crippen LogP contribution in [0.4, 0.5) is 10.8 Å². The second-order valence-corrected chi connectivity index (χ2v) is 5.90. The van der Waals surface area contributed by atoms with Crippen LogP contribution in [0.15, 0.2) is 29.6 Å². The Hall–Kier alpha value is -1.88. The highest BCUT2D eigenvalue weighted by Gasteiger charge is 2.09. The van der Waals surface area contributed by atoms with Crippen LogP contribution in [0.1, 0.15) is 33.6 Å². The Morgan fingerprint density at radius 1 is 1.18 bits per heavy atom. The fourth-order valence-electron chi connectivity index (χ4n) is 2.21. The fraction of sp³-hybridized carbons (Fsp3) is 0.412. The Morgan fingerprint density at radius 2 is 1.86 bits per heavy atom. The first-order chi connectivity index (χ1) is 10.7. The molecule has 0 spiro atoms. The van der Waals surface area contributed by atoms with Crippen LogP contribution in [0.25, 0.3) is 11.3 Å². The average Bonchev–Trinajstić information content (AvgIpc) is 2.99. The molecule has 1 aromatic heterocycles. The van der Waals surface area contributed by atoms with Crippen LogP contribution in [-0.4, -0.2) is 24.0 Å². The lowest BCUT2D eigenvalue weighted by molar-refractivity contribution is -0.116. The van der Waals surface area contributed by atoms with E-state index in [2.05, 4.69) is 29.4 Å². The third kappa shape index (κ3) is 4.07. The van der Waals surface area contributed by atoms with Crippen LogP contribution in [0, 0.1) is 0 Å². The lowest BCUT2D eigenvalue weighted by Gasteiger charge is -2.16. The Labute approximate surface area is 136 Å². The van der Waals surface area contributed by atoms with E-state index in [4.69, 9.17) is 4.98 Å². The Kier molecular flexibility index (Phi) is 5.95. The Bertz CT molecular complexity index is 603. The molecule has 0 unspecified atom stereocenters. The summed E-state index contributed by atoms with van der Waals surface area (Å²) in [4.78, 5) is 18.5. The molecule has 0 aliphatic carbocycles. The number of nitrogens with one attached hydrogen (secondary N) is 1. The summed E-state index contributed by atoms with van der Waals surface area (Å²) < 4.78 is 0. The van der Waals surface area contributed by atoms with Crippen molar-refractivity contribution in [3.8, 4) is 11.3 Å². The first kappa shape index (κ1) is 16.5. The van der Waals surface area contributed by atoms with Crippen LogP contribution in [0.3, 0.4) is 0 Å². The van der Waals surface area contributed by atoms with Crippen LogP contribution in [0.2, 0.25) is 0 Å². The number of amides is 1. The first-order valence-electron chi connectivity index (χ1n) is 7.78. The van der Waals surface area contributed by atoms with E-state index >= 15 is 0 Å². The molecule has 2 aromatic rings. The van der Waals surface area contributed by atoms with Gasteiger partial charge >= 0.3 is 0 Å². The summed E-state index contributed by atoms with van der Waals surface area (Å²) in [6, 6.07) is 7.86. The summed E-state index contributed by atoms with van der Waals surface area (Å²) in [7, 11) is 0. The van der Waals surface area contributed by atoms with Crippen molar-refractivity contribution >= 4 is 28.1 Å². The van der Waals surface area contributed by atoms with Crippen molar-refractivity contribution in [1.29, 1.82) is 0 Å². The molecule has 2 rings (SSSR count). The van der Waals surface area contributed by atoms with E-state index in [9.17, 15) is 4.79 Å². The summed E-state index contributed by atoms with van der Waals surface area (Å²) in [5, 5.41) is 6.04. The third-order valence-corrected chi connectivity index (χ3v) is 4.37. The summed E-state index contributed by atoms with van der Waals surface area (Å²) in [6.45, 7) is 8.20. The van der Waals surface area contributed by atoms with Crippen LogP contribution in [-0.2, 0) is 4.79 Å². The second-order valence-electron chi connectivity index (χ2n) is 5.06. The quantitative estimate of drug-likeness (QED) is 0.823. The molecule has 1 aromatic carbocycles.